The second-order valence-corrected chi connectivity index (χ2v) is 6.47. The molecule has 1 fully saturated rings. The number of likely N-dealkylation sites (tertiary alicyclic amines) is 1. The Morgan fingerprint density at radius 2 is 2.04 bits per heavy atom. The van der Waals surface area contributed by atoms with Crippen LogP contribution in [0, 0.1) is 0 Å². The maximum absolute atomic E-state index is 12.7. The Morgan fingerprint density at radius 1 is 1.27 bits per heavy atom. The number of rotatable bonds is 3. The minimum absolute atomic E-state index is 0.0337. The molecule has 0 aliphatic carbocycles. The highest BCUT2D eigenvalue weighted by Crippen LogP contribution is 2.31. The van der Waals surface area contributed by atoms with Gasteiger partial charge in [0.25, 0.3) is 0 Å². The monoisotopic (exact) mass is 353 g/mol. The second kappa shape index (κ2) is 6.67. The van der Waals surface area contributed by atoms with Crippen LogP contribution in [0.4, 0.5) is 0 Å². The Labute approximate surface area is 150 Å². The van der Waals surface area contributed by atoms with Crippen molar-refractivity contribution >= 4 is 28.9 Å². The van der Waals surface area contributed by atoms with Gasteiger partial charge in [0.15, 0.2) is 11.3 Å². The van der Waals surface area contributed by atoms with Gasteiger partial charge >= 0.3 is 5.97 Å². The standard InChI is InChI=1S/C19H19N3O4/c23-16-14(10-12-11-21-17-13(12)6-5-7-20-17)26-18(15(16)19(24)25)22-8-3-1-2-4-9-22/h5-7,10-11H,1-4,8-9H2,(H,20,21)(H,24,25)/b14-10-. The number of carbonyl (C=O) groups excluding carboxylic acids is 1. The fourth-order valence-electron chi connectivity index (χ4n) is 3.44. The van der Waals surface area contributed by atoms with Gasteiger partial charge in [-0.05, 0) is 31.1 Å². The van der Waals surface area contributed by atoms with Crippen molar-refractivity contribution in [1.29, 1.82) is 0 Å². The number of H-pyrrole nitrogens is 1. The Hall–Kier alpha value is -3.09. The molecule has 0 amide bonds. The number of carboxylic acids is 1. The SMILES string of the molecule is O=C(O)C1=C(N2CCCCCC2)O/C(=C\c2c[nH]c3ncccc23)C1=O. The summed E-state index contributed by atoms with van der Waals surface area (Å²) in [6.07, 6.45) is 9.11. The molecule has 7 heteroatoms. The lowest BCUT2D eigenvalue weighted by molar-refractivity contribution is -0.134. The lowest BCUT2D eigenvalue weighted by Gasteiger charge is -2.22. The number of aromatic amines is 1. The van der Waals surface area contributed by atoms with Crippen LogP contribution in [0.2, 0.25) is 0 Å². The number of hydrogen-bond donors (Lipinski definition) is 2. The van der Waals surface area contributed by atoms with E-state index in [-0.39, 0.29) is 17.2 Å². The number of aliphatic carboxylic acids is 1. The molecule has 2 aliphatic rings. The topological polar surface area (TPSA) is 95.5 Å². The third-order valence-corrected chi connectivity index (χ3v) is 4.75. The van der Waals surface area contributed by atoms with Crippen LogP contribution in [0.5, 0.6) is 0 Å². The van der Waals surface area contributed by atoms with Gasteiger partial charge in [-0.25, -0.2) is 9.78 Å². The zero-order valence-corrected chi connectivity index (χ0v) is 14.2. The molecule has 134 valence electrons. The van der Waals surface area contributed by atoms with Crippen molar-refractivity contribution in [3.05, 3.63) is 47.3 Å². The van der Waals surface area contributed by atoms with Crippen LogP contribution in [0.3, 0.4) is 0 Å². The third-order valence-electron chi connectivity index (χ3n) is 4.75. The maximum Gasteiger partial charge on any atom is 0.345 e. The van der Waals surface area contributed by atoms with Gasteiger partial charge in [-0.15, -0.1) is 0 Å². The van der Waals surface area contributed by atoms with E-state index >= 15 is 0 Å². The first-order valence-corrected chi connectivity index (χ1v) is 8.74. The van der Waals surface area contributed by atoms with E-state index in [0.29, 0.717) is 18.7 Å². The fourth-order valence-corrected chi connectivity index (χ4v) is 3.44. The average Bonchev–Trinajstić information content (AvgIpc) is 3.05. The minimum Gasteiger partial charge on any atom is -0.477 e. The molecule has 0 radical (unpaired) electrons. The smallest absolute Gasteiger partial charge is 0.345 e. The molecule has 4 heterocycles. The molecule has 0 unspecified atom stereocenters. The van der Waals surface area contributed by atoms with Gasteiger partial charge in [0.1, 0.15) is 5.65 Å². The minimum atomic E-state index is -1.25. The van der Waals surface area contributed by atoms with Crippen molar-refractivity contribution in [2.24, 2.45) is 0 Å². The van der Waals surface area contributed by atoms with E-state index in [2.05, 4.69) is 9.97 Å². The van der Waals surface area contributed by atoms with Gasteiger partial charge in [-0.1, -0.05) is 12.8 Å². The Bertz CT molecular complexity index is 933. The molecular formula is C19H19N3O4. The lowest BCUT2D eigenvalue weighted by Crippen LogP contribution is -2.26. The molecule has 2 aromatic rings. The third kappa shape index (κ3) is 2.85. The van der Waals surface area contributed by atoms with Crippen molar-refractivity contribution < 1.29 is 19.4 Å². The van der Waals surface area contributed by atoms with Crippen LogP contribution in [0.1, 0.15) is 31.2 Å². The number of carbonyl (C=O) groups is 2. The van der Waals surface area contributed by atoms with Crippen LogP contribution >= 0.6 is 0 Å². The maximum atomic E-state index is 12.7. The number of fused-ring (bicyclic) bond motifs is 1. The number of nitrogens with zero attached hydrogens (tertiary/aromatic N) is 2. The molecule has 2 aromatic heterocycles. The van der Waals surface area contributed by atoms with Crippen LogP contribution in [0.25, 0.3) is 17.1 Å². The van der Waals surface area contributed by atoms with Crippen LogP contribution in [0.15, 0.2) is 41.7 Å². The number of Topliss-reactive ketones (excluding diaryl/α,β-unsaturated/α-hetero) is 1. The highest BCUT2D eigenvalue weighted by molar-refractivity contribution is 6.26. The molecular weight excluding hydrogens is 334 g/mol. The predicted molar refractivity (Wildman–Crippen MR) is 94.9 cm³/mol. The van der Waals surface area contributed by atoms with Gasteiger partial charge in [0.05, 0.1) is 0 Å². The zero-order valence-electron chi connectivity index (χ0n) is 14.2. The summed E-state index contributed by atoms with van der Waals surface area (Å²) in [5, 5.41) is 10.4. The fraction of sp³-hybridized carbons (Fsp3) is 0.316. The first kappa shape index (κ1) is 16.4. The van der Waals surface area contributed by atoms with Crippen LogP contribution in [-0.2, 0) is 14.3 Å². The van der Waals surface area contributed by atoms with Crippen molar-refractivity contribution in [3.63, 3.8) is 0 Å². The van der Waals surface area contributed by atoms with E-state index in [1.165, 1.54) is 0 Å². The normalized spacial score (nSPS) is 19.9. The molecule has 0 atom stereocenters. The van der Waals surface area contributed by atoms with E-state index < -0.39 is 11.8 Å². The van der Waals surface area contributed by atoms with Crippen LogP contribution < -0.4 is 0 Å². The summed E-state index contributed by atoms with van der Waals surface area (Å²) in [5.74, 6) is -1.63. The van der Waals surface area contributed by atoms with Crippen molar-refractivity contribution in [3.8, 4) is 0 Å². The molecule has 1 saturated heterocycles. The highest BCUT2D eigenvalue weighted by atomic mass is 16.5. The summed E-state index contributed by atoms with van der Waals surface area (Å²) in [6.45, 7) is 1.40. The van der Waals surface area contributed by atoms with Crippen LogP contribution in [-0.4, -0.2) is 44.8 Å². The van der Waals surface area contributed by atoms with Gasteiger partial charge in [0.2, 0.25) is 11.7 Å². The average molecular weight is 353 g/mol. The zero-order chi connectivity index (χ0) is 18.1. The second-order valence-electron chi connectivity index (χ2n) is 6.47. The number of aromatic nitrogens is 2. The van der Waals surface area contributed by atoms with E-state index in [0.717, 1.165) is 36.6 Å². The predicted octanol–water partition coefficient (Wildman–Crippen LogP) is 2.68. The Morgan fingerprint density at radius 3 is 2.77 bits per heavy atom. The van der Waals surface area contributed by atoms with E-state index in [4.69, 9.17) is 4.74 Å². The number of nitrogens with one attached hydrogen (secondary N) is 1. The first-order valence-electron chi connectivity index (χ1n) is 8.74. The van der Waals surface area contributed by atoms with E-state index in [9.17, 15) is 14.7 Å². The molecule has 0 bridgehead atoms. The van der Waals surface area contributed by atoms with Gasteiger partial charge in [0, 0.05) is 36.4 Å². The molecule has 0 spiro atoms. The largest absolute Gasteiger partial charge is 0.477 e. The van der Waals surface area contributed by atoms with Gasteiger partial charge in [-0.2, -0.15) is 0 Å². The number of hydrogen-bond acceptors (Lipinski definition) is 5. The van der Waals surface area contributed by atoms with E-state index in [1.807, 2.05) is 11.0 Å². The summed E-state index contributed by atoms with van der Waals surface area (Å²) < 4.78 is 5.77. The Kier molecular flexibility index (Phi) is 4.20. The number of ether oxygens (including phenoxy) is 1. The summed E-state index contributed by atoms with van der Waals surface area (Å²) in [7, 11) is 0. The molecule has 4 rings (SSSR count). The van der Waals surface area contributed by atoms with Crippen molar-refractivity contribution in [2.45, 2.75) is 25.7 Å². The first-order chi connectivity index (χ1) is 12.6. The molecule has 0 saturated carbocycles. The van der Waals surface area contributed by atoms with Crippen molar-refractivity contribution in [1.82, 2.24) is 14.9 Å². The molecule has 2 aliphatic heterocycles. The summed E-state index contributed by atoms with van der Waals surface area (Å²) in [4.78, 5) is 33.5. The molecule has 7 nitrogen and oxygen atoms in total. The van der Waals surface area contributed by atoms with Gasteiger partial charge < -0.3 is 19.7 Å². The molecule has 2 N–H and O–H groups in total. The summed E-state index contributed by atoms with van der Waals surface area (Å²) in [6, 6.07) is 3.69. The van der Waals surface area contributed by atoms with Gasteiger partial charge in [-0.3, -0.25) is 4.79 Å². The van der Waals surface area contributed by atoms with E-state index in [1.54, 1.807) is 24.5 Å². The summed E-state index contributed by atoms with van der Waals surface area (Å²) in [5.41, 5.74) is 1.15. The number of ketones is 1. The Balaban J connectivity index is 1.70. The number of allylic oxidation sites excluding steroid dienone is 1. The summed E-state index contributed by atoms with van der Waals surface area (Å²) >= 11 is 0. The number of carboxylic acid groups (broad SMARTS) is 1. The number of pyridine rings is 1. The molecule has 0 aromatic carbocycles. The highest BCUT2D eigenvalue weighted by Gasteiger charge is 2.38. The quantitative estimate of drug-likeness (QED) is 0.651. The van der Waals surface area contributed by atoms with Crippen molar-refractivity contribution in [2.75, 3.05) is 13.1 Å². The molecule has 26 heavy (non-hydrogen) atoms. The lowest BCUT2D eigenvalue weighted by atomic mass is 10.1.